The minimum Gasteiger partial charge on any atom is -0.310 e. The quantitative estimate of drug-likeness (QED) is 0.736. The SMILES string of the molecule is CCNC(c1ccc(Cl)cc1)C1CCC(C(C)(C)C)CC1. The van der Waals surface area contributed by atoms with E-state index in [1.54, 1.807) is 0 Å². The molecule has 0 radical (unpaired) electrons. The lowest BCUT2D eigenvalue weighted by atomic mass is 9.68. The molecular formula is C19H30ClN. The summed E-state index contributed by atoms with van der Waals surface area (Å²) >= 11 is 6.03. The highest BCUT2D eigenvalue weighted by Gasteiger charge is 2.33. The zero-order chi connectivity index (χ0) is 15.5. The third kappa shape index (κ3) is 4.47. The van der Waals surface area contributed by atoms with E-state index in [0.717, 1.165) is 23.4 Å². The maximum absolute atomic E-state index is 6.03. The van der Waals surface area contributed by atoms with E-state index in [0.29, 0.717) is 11.5 Å². The van der Waals surface area contributed by atoms with Crippen LogP contribution in [0.2, 0.25) is 5.02 Å². The monoisotopic (exact) mass is 307 g/mol. The molecule has 2 heteroatoms. The lowest BCUT2D eigenvalue weighted by molar-refractivity contribution is 0.133. The minimum atomic E-state index is 0.457. The molecule has 0 heterocycles. The predicted molar refractivity (Wildman–Crippen MR) is 92.8 cm³/mol. The van der Waals surface area contributed by atoms with Crippen molar-refractivity contribution in [2.45, 2.75) is 59.4 Å². The predicted octanol–water partition coefficient (Wildman–Crippen LogP) is 5.84. The average molecular weight is 308 g/mol. The van der Waals surface area contributed by atoms with Crippen molar-refractivity contribution in [3.05, 3.63) is 34.9 Å². The van der Waals surface area contributed by atoms with Crippen LogP contribution in [0.25, 0.3) is 0 Å². The first kappa shape index (κ1) is 16.8. The van der Waals surface area contributed by atoms with Crippen LogP contribution in [-0.4, -0.2) is 6.54 Å². The number of benzene rings is 1. The molecule has 1 aromatic carbocycles. The topological polar surface area (TPSA) is 12.0 Å². The van der Waals surface area contributed by atoms with E-state index in [9.17, 15) is 0 Å². The summed E-state index contributed by atoms with van der Waals surface area (Å²) in [7, 11) is 0. The number of nitrogens with one attached hydrogen (secondary N) is 1. The molecule has 1 saturated carbocycles. The van der Waals surface area contributed by atoms with Gasteiger partial charge in [-0.15, -0.1) is 0 Å². The molecule has 2 rings (SSSR count). The van der Waals surface area contributed by atoms with Crippen molar-refractivity contribution in [1.29, 1.82) is 0 Å². The first-order valence-corrected chi connectivity index (χ1v) is 8.78. The van der Waals surface area contributed by atoms with Gasteiger partial charge in [0.2, 0.25) is 0 Å². The van der Waals surface area contributed by atoms with Gasteiger partial charge in [0.15, 0.2) is 0 Å². The van der Waals surface area contributed by atoms with Gasteiger partial charge in [-0.3, -0.25) is 0 Å². The van der Waals surface area contributed by atoms with Crippen molar-refractivity contribution in [1.82, 2.24) is 5.32 Å². The third-order valence-corrected chi connectivity index (χ3v) is 5.37. The van der Waals surface area contributed by atoms with Crippen LogP contribution in [-0.2, 0) is 0 Å². The molecule has 1 fully saturated rings. The van der Waals surface area contributed by atoms with Crippen LogP contribution in [0, 0.1) is 17.3 Å². The molecule has 1 N–H and O–H groups in total. The highest BCUT2D eigenvalue weighted by atomic mass is 35.5. The van der Waals surface area contributed by atoms with E-state index in [4.69, 9.17) is 11.6 Å². The summed E-state index contributed by atoms with van der Waals surface area (Å²) in [5.41, 5.74) is 1.85. The van der Waals surface area contributed by atoms with Gasteiger partial charge in [0.25, 0.3) is 0 Å². The lowest BCUT2D eigenvalue weighted by Crippen LogP contribution is -2.33. The van der Waals surface area contributed by atoms with Crippen molar-refractivity contribution in [3.63, 3.8) is 0 Å². The molecule has 1 aliphatic rings. The van der Waals surface area contributed by atoms with Crippen LogP contribution in [0.4, 0.5) is 0 Å². The third-order valence-electron chi connectivity index (χ3n) is 5.12. The van der Waals surface area contributed by atoms with Crippen molar-refractivity contribution in [2.75, 3.05) is 6.54 Å². The molecule has 0 aromatic heterocycles. The zero-order valence-electron chi connectivity index (χ0n) is 14.0. The maximum Gasteiger partial charge on any atom is 0.0406 e. The second-order valence-corrected chi connectivity index (χ2v) is 8.00. The Labute approximate surface area is 135 Å². The van der Waals surface area contributed by atoms with Crippen LogP contribution < -0.4 is 5.32 Å². The van der Waals surface area contributed by atoms with Gasteiger partial charge in [0, 0.05) is 11.1 Å². The first-order chi connectivity index (χ1) is 9.91. The fraction of sp³-hybridized carbons (Fsp3) is 0.684. The zero-order valence-corrected chi connectivity index (χ0v) is 14.7. The summed E-state index contributed by atoms with van der Waals surface area (Å²) in [4.78, 5) is 0. The smallest absolute Gasteiger partial charge is 0.0406 e. The normalized spacial score (nSPS) is 24.8. The van der Waals surface area contributed by atoms with Crippen molar-refractivity contribution >= 4 is 11.6 Å². The maximum atomic E-state index is 6.03. The van der Waals surface area contributed by atoms with Crippen molar-refractivity contribution in [2.24, 2.45) is 17.3 Å². The molecule has 118 valence electrons. The van der Waals surface area contributed by atoms with Gasteiger partial charge in [-0.25, -0.2) is 0 Å². The summed E-state index contributed by atoms with van der Waals surface area (Å²) in [6.07, 6.45) is 5.40. The van der Waals surface area contributed by atoms with E-state index in [1.165, 1.54) is 31.2 Å². The van der Waals surface area contributed by atoms with Gasteiger partial charge >= 0.3 is 0 Å². The highest BCUT2D eigenvalue weighted by molar-refractivity contribution is 6.30. The fourth-order valence-corrected chi connectivity index (χ4v) is 3.89. The van der Waals surface area contributed by atoms with Crippen LogP contribution in [0.5, 0.6) is 0 Å². The van der Waals surface area contributed by atoms with Crippen LogP contribution in [0.1, 0.15) is 65.0 Å². The molecule has 1 aromatic rings. The van der Waals surface area contributed by atoms with Crippen molar-refractivity contribution < 1.29 is 0 Å². The Morgan fingerprint density at radius 3 is 2.14 bits per heavy atom. The Morgan fingerprint density at radius 1 is 1.10 bits per heavy atom. The molecule has 1 unspecified atom stereocenters. The molecule has 0 spiro atoms. The second kappa shape index (κ2) is 7.15. The van der Waals surface area contributed by atoms with Crippen LogP contribution in [0.15, 0.2) is 24.3 Å². The molecule has 21 heavy (non-hydrogen) atoms. The van der Waals surface area contributed by atoms with E-state index in [1.807, 2.05) is 12.1 Å². The van der Waals surface area contributed by atoms with Crippen LogP contribution >= 0.6 is 11.6 Å². The van der Waals surface area contributed by atoms with E-state index in [-0.39, 0.29) is 0 Å². The summed E-state index contributed by atoms with van der Waals surface area (Å²) in [5.74, 6) is 1.63. The largest absolute Gasteiger partial charge is 0.310 e. The fourth-order valence-electron chi connectivity index (χ4n) is 3.77. The molecule has 1 atom stereocenters. The number of hydrogen-bond donors (Lipinski definition) is 1. The first-order valence-electron chi connectivity index (χ1n) is 8.40. The molecule has 0 saturated heterocycles. The minimum absolute atomic E-state index is 0.457. The summed E-state index contributed by atoms with van der Waals surface area (Å²) in [6.45, 7) is 10.4. The number of hydrogen-bond acceptors (Lipinski definition) is 1. The van der Waals surface area contributed by atoms with Gasteiger partial charge in [-0.1, -0.05) is 51.4 Å². The van der Waals surface area contributed by atoms with Crippen molar-refractivity contribution in [3.8, 4) is 0 Å². The van der Waals surface area contributed by atoms with Gasteiger partial charge in [-0.2, -0.15) is 0 Å². The Balaban J connectivity index is 2.05. The summed E-state index contributed by atoms with van der Waals surface area (Å²) in [5, 5.41) is 4.52. The molecule has 1 aliphatic carbocycles. The second-order valence-electron chi connectivity index (χ2n) is 7.56. The van der Waals surface area contributed by atoms with E-state index >= 15 is 0 Å². The van der Waals surface area contributed by atoms with Crippen LogP contribution in [0.3, 0.4) is 0 Å². The molecule has 0 bridgehead atoms. The van der Waals surface area contributed by atoms with E-state index < -0.39 is 0 Å². The highest BCUT2D eigenvalue weighted by Crippen LogP contribution is 2.43. The van der Waals surface area contributed by atoms with Gasteiger partial charge in [-0.05, 0) is 67.2 Å². The molecule has 0 amide bonds. The Kier molecular flexibility index (Phi) is 5.73. The lowest BCUT2D eigenvalue weighted by Gasteiger charge is -2.40. The van der Waals surface area contributed by atoms with Gasteiger partial charge in [0.05, 0.1) is 0 Å². The Morgan fingerprint density at radius 2 is 1.67 bits per heavy atom. The molecule has 1 nitrogen and oxygen atoms in total. The standard InChI is InChI=1S/C19H30ClN/c1-5-21-18(15-8-12-17(20)13-9-15)14-6-10-16(11-7-14)19(2,3)4/h8-9,12-14,16,18,21H,5-7,10-11H2,1-4H3. The van der Waals surface area contributed by atoms with Gasteiger partial charge in [0.1, 0.15) is 0 Å². The summed E-state index contributed by atoms with van der Waals surface area (Å²) < 4.78 is 0. The Hall–Kier alpha value is -0.530. The summed E-state index contributed by atoms with van der Waals surface area (Å²) in [6, 6.07) is 8.88. The molecular weight excluding hydrogens is 278 g/mol. The average Bonchev–Trinajstić information content (AvgIpc) is 2.45. The number of rotatable bonds is 4. The van der Waals surface area contributed by atoms with E-state index in [2.05, 4.69) is 45.1 Å². The Bertz CT molecular complexity index is 424. The molecule has 0 aliphatic heterocycles. The van der Waals surface area contributed by atoms with Gasteiger partial charge < -0.3 is 5.32 Å². The number of halogens is 1.